The Hall–Kier alpha value is -3.36. The molecule has 1 aliphatic heterocycles. The maximum atomic E-state index is 4.70. The highest BCUT2D eigenvalue weighted by Gasteiger charge is 2.46. The fraction of sp³-hybridized carbons (Fsp3) is 0.379. The molecule has 5 nitrogen and oxygen atoms in total. The smallest absolute Gasteiger partial charge is 0.124 e. The van der Waals surface area contributed by atoms with Gasteiger partial charge in [0, 0.05) is 23.1 Å². The molecule has 34 heavy (non-hydrogen) atoms. The molecule has 170 valence electrons. The van der Waals surface area contributed by atoms with Crippen molar-refractivity contribution in [1.82, 2.24) is 25.3 Å². The standard InChI is InChI=1S/C29H29N5/c1-17-2-5-22(10-17)28-31-16-27(34-28)21-8-7-19-11-18(3-6-20(19)12-21)4-9-24-15-30-29(32-24)26-14-23-13-25(23)33-26/h3,6-8,11-12,15-17,22-23,25-26,33H,2,5,10,13-14H2,1H3,(H,30,32)(H,31,34)/t17-,22?,23+,25+,26-/m0/s1. The van der Waals surface area contributed by atoms with E-state index in [0.29, 0.717) is 18.0 Å². The molecule has 1 saturated heterocycles. The minimum Gasteiger partial charge on any atom is -0.342 e. The number of nitrogens with zero attached hydrogens (tertiary/aromatic N) is 2. The number of aromatic nitrogens is 4. The van der Waals surface area contributed by atoms with Crippen LogP contribution in [0.4, 0.5) is 0 Å². The lowest BCUT2D eigenvalue weighted by molar-refractivity contribution is 0.543. The lowest BCUT2D eigenvalue weighted by Crippen LogP contribution is -2.18. The molecule has 2 aromatic heterocycles. The Morgan fingerprint density at radius 3 is 2.59 bits per heavy atom. The highest BCUT2D eigenvalue weighted by molar-refractivity contribution is 5.88. The highest BCUT2D eigenvalue weighted by Crippen LogP contribution is 2.45. The number of hydrogen-bond acceptors (Lipinski definition) is 3. The predicted molar refractivity (Wildman–Crippen MR) is 134 cm³/mol. The Labute approximate surface area is 199 Å². The van der Waals surface area contributed by atoms with Crippen molar-refractivity contribution in [3.8, 4) is 23.1 Å². The van der Waals surface area contributed by atoms with Crippen molar-refractivity contribution in [3.05, 3.63) is 71.7 Å². The molecule has 0 amide bonds. The molecule has 5 heteroatoms. The quantitative estimate of drug-likeness (QED) is 0.354. The van der Waals surface area contributed by atoms with E-state index < -0.39 is 0 Å². The first kappa shape index (κ1) is 20.1. The molecule has 0 spiro atoms. The van der Waals surface area contributed by atoms with Gasteiger partial charge in [0.1, 0.15) is 17.3 Å². The molecule has 0 bridgehead atoms. The minimum atomic E-state index is 0.363. The number of benzene rings is 2. The number of hydrogen-bond donors (Lipinski definition) is 3. The number of piperidine rings is 1. The van der Waals surface area contributed by atoms with Gasteiger partial charge in [0.15, 0.2) is 0 Å². The second-order valence-corrected chi connectivity index (χ2v) is 10.6. The molecule has 2 aliphatic carbocycles. The third-order valence-corrected chi connectivity index (χ3v) is 7.97. The van der Waals surface area contributed by atoms with Gasteiger partial charge < -0.3 is 15.3 Å². The molecule has 5 atom stereocenters. The second-order valence-electron chi connectivity index (χ2n) is 10.6. The Morgan fingerprint density at radius 2 is 1.74 bits per heavy atom. The number of fused-ring (bicyclic) bond motifs is 2. The second kappa shape index (κ2) is 7.85. The van der Waals surface area contributed by atoms with Crippen LogP contribution >= 0.6 is 0 Å². The molecule has 3 N–H and O–H groups in total. The topological polar surface area (TPSA) is 69.4 Å². The van der Waals surface area contributed by atoms with Gasteiger partial charge in [0.25, 0.3) is 0 Å². The summed E-state index contributed by atoms with van der Waals surface area (Å²) >= 11 is 0. The summed E-state index contributed by atoms with van der Waals surface area (Å²) in [6.45, 7) is 2.34. The SMILES string of the molecule is C[C@H]1CCC(c2ncc(-c3ccc4cc(C#Cc5cnc([C@@H]6C[C@H]7C[C@H]7N6)[nH]5)ccc4c3)[nH]2)C1. The van der Waals surface area contributed by atoms with Gasteiger partial charge in [-0.05, 0) is 78.8 Å². The zero-order chi connectivity index (χ0) is 22.6. The van der Waals surface area contributed by atoms with Gasteiger partial charge in [0.2, 0.25) is 0 Å². The van der Waals surface area contributed by atoms with E-state index in [4.69, 9.17) is 4.98 Å². The monoisotopic (exact) mass is 447 g/mol. The molecular formula is C29H29N5. The molecule has 3 fully saturated rings. The van der Waals surface area contributed by atoms with Gasteiger partial charge in [-0.1, -0.05) is 31.0 Å². The van der Waals surface area contributed by atoms with Crippen molar-refractivity contribution in [1.29, 1.82) is 0 Å². The maximum Gasteiger partial charge on any atom is 0.124 e. The van der Waals surface area contributed by atoms with Crippen molar-refractivity contribution >= 4 is 10.8 Å². The van der Waals surface area contributed by atoms with E-state index in [1.807, 2.05) is 12.4 Å². The van der Waals surface area contributed by atoms with Crippen molar-refractivity contribution in [2.45, 2.75) is 57.0 Å². The average Bonchev–Trinajstić information content (AvgIpc) is 3.41. The lowest BCUT2D eigenvalue weighted by atomic mass is 10.0. The fourth-order valence-electron chi connectivity index (χ4n) is 5.89. The van der Waals surface area contributed by atoms with Gasteiger partial charge in [-0.2, -0.15) is 0 Å². The first-order valence-corrected chi connectivity index (χ1v) is 12.6. The third kappa shape index (κ3) is 3.73. The van der Waals surface area contributed by atoms with Crippen LogP contribution in [0.2, 0.25) is 0 Å². The van der Waals surface area contributed by atoms with Crippen LogP contribution in [0.3, 0.4) is 0 Å². The van der Waals surface area contributed by atoms with Gasteiger partial charge in [-0.25, -0.2) is 9.97 Å². The summed E-state index contributed by atoms with van der Waals surface area (Å²) in [5.74, 6) is 11.0. The predicted octanol–water partition coefficient (Wildman–Crippen LogP) is 5.68. The van der Waals surface area contributed by atoms with Crippen LogP contribution in [0.15, 0.2) is 48.8 Å². The molecule has 7 rings (SSSR count). The fourth-order valence-corrected chi connectivity index (χ4v) is 5.89. The zero-order valence-electron chi connectivity index (χ0n) is 19.4. The zero-order valence-corrected chi connectivity index (χ0v) is 19.4. The van der Waals surface area contributed by atoms with Gasteiger partial charge in [0.05, 0.1) is 24.1 Å². The Balaban J connectivity index is 1.08. The Kier molecular flexibility index (Phi) is 4.63. The van der Waals surface area contributed by atoms with Crippen LogP contribution in [-0.4, -0.2) is 26.0 Å². The van der Waals surface area contributed by atoms with Crippen molar-refractivity contribution in [2.24, 2.45) is 11.8 Å². The van der Waals surface area contributed by atoms with E-state index in [9.17, 15) is 0 Å². The van der Waals surface area contributed by atoms with Crippen LogP contribution in [0.25, 0.3) is 22.0 Å². The van der Waals surface area contributed by atoms with E-state index in [0.717, 1.165) is 40.4 Å². The summed E-state index contributed by atoms with van der Waals surface area (Å²) < 4.78 is 0. The summed E-state index contributed by atoms with van der Waals surface area (Å²) in [5, 5.41) is 6.04. The number of aromatic amines is 2. The summed E-state index contributed by atoms with van der Waals surface area (Å²) in [6.07, 6.45) is 10.2. The Bertz CT molecular complexity index is 1420. The molecular weight excluding hydrogens is 418 g/mol. The molecule has 3 heterocycles. The van der Waals surface area contributed by atoms with Gasteiger partial charge in [-0.3, -0.25) is 0 Å². The van der Waals surface area contributed by atoms with Crippen molar-refractivity contribution in [2.75, 3.05) is 0 Å². The summed E-state index contributed by atoms with van der Waals surface area (Å²) in [4.78, 5) is 16.2. The van der Waals surface area contributed by atoms with E-state index in [2.05, 4.69) is 75.4 Å². The number of rotatable bonds is 3. The molecule has 4 aromatic rings. The third-order valence-electron chi connectivity index (χ3n) is 7.97. The van der Waals surface area contributed by atoms with Crippen LogP contribution in [0.5, 0.6) is 0 Å². The number of H-pyrrole nitrogens is 2. The van der Waals surface area contributed by atoms with E-state index in [1.165, 1.54) is 48.4 Å². The summed E-state index contributed by atoms with van der Waals surface area (Å²) in [5.41, 5.74) is 4.17. The van der Waals surface area contributed by atoms with Crippen molar-refractivity contribution < 1.29 is 0 Å². The molecule has 3 aliphatic rings. The summed E-state index contributed by atoms with van der Waals surface area (Å²) in [7, 11) is 0. The number of nitrogens with one attached hydrogen (secondary N) is 3. The molecule has 1 unspecified atom stereocenters. The Morgan fingerprint density at radius 1 is 0.853 bits per heavy atom. The normalized spacial score (nSPS) is 27.5. The molecule has 2 aromatic carbocycles. The highest BCUT2D eigenvalue weighted by atomic mass is 15.1. The maximum absolute atomic E-state index is 4.70. The van der Waals surface area contributed by atoms with Crippen LogP contribution in [-0.2, 0) is 0 Å². The van der Waals surface area contributed by atoms with Crippen LogP contribution in [0.1, 0.15) is 73.9 Å². The molecule has 0 radical (unpaired) electrons. The average molecular weight is 448 g/mol. The van der Waals surface area contributed by atoms with Crippen LogP contribution < -0.4 is 5.32 Å². The first-order valence-electron chi connectivity index (χ1n) is 12.6. The van der Waals surface area contributed by atoms with Gasteiger partial charge >= 0.3 is 0 Å². The van der Waals surface area contributed by atoms with Crippen LogP contribution in [0, 0.1) is 23.7 Å². The largest absolute Gasteiger partial charge is 0.342 e. The van der Waals surface area contributed by atoms with Gasteiger partial charge in [-0.15, -0.1) is 0 Å². The number of imidazole rings is 2. The lowest BCUT2D eigenvalue weighted by Gasteiger charge is -2.08. The van der Waals surface area contributed by atoms with E-state index in [-0.39, 0.29) is 0 Å². The molecule has 2 saturated carbocycles. The van der Waals surface area contributed by atoms with E-state index >= 15 is 0 Å². The van der Waals surface area contributed by atoms with Crippen molar-refractivity contribution in [3.63, 3.8) is 0 Å². The first-order chi connectivity index (χ1) is 16.7. The summed E-state index contributed by atoms with van der Waals surface area (Å²) in [6, 6.07) is 14.1. The van der Waals surface area contributed by atoms with E-state index in [1.54, 1.807) is 0 Å². The minimum absolute atomic E-state index is 0.363.